The molecule has 0 saturated carbocycles. The van der Waals surface area contributed by atoms with Crippen molar-refractivity contribution < 1.29 is 19.3 Å². The van der Waals surface area contributed by atoms with Crippen LogP contribution >= 0.6 is 0 Å². The number of ether oxygens (including phenoxy) is 3. The number of fused-ring (bicyclic) bond motifs is 2. The van der Waals surface area contributed by atoms with Crippen molar-refractivity contribution in [3.05, 3.63) is 24.3 Å². The van der Waals surface area contributed by atoms with Crippen LogP contribution in [0.5, 0.6) is 0 Å². The molecule has 4 heterocycles. The van der Waals surface area contributed by atoms with Crippen LogP contribution in [0.1, 0.15) is 39.6 Å². The Labute approximate surface area is 140 Å². The van der Waals surface area contributed by atoms with Crippen LogP contribution in [0, 0.1) is 6.92 Å². The van der Waals surface area contributed by atoms with Crippen LogP contribution in [0.15, 0.2) is 18.6 Å². The lowest BCUT2D eigenvalue weighted by Gasteiger charge is -2.30. The zero-order chi connectivity index (χ0) is 17.3. The van der Waals surface area contributed by atoms with Crippen LogP contribution in [0.25, 0.3) is 11.0 Å². The molecule has 5 atom stereocenters. The summed E-state index contributed by atoms with van der Waals surface area (Å²) in [6, 6.07) is 1.97. The molecule has 7 heteroatoms. The van der Waals surface area contributed by atoms with Crippen molar-refractivity contribution in [2.24, 2.45) is 0 Å². The predicted octanol–water partition coefficient (Wildman–Crippen LogP) is 1.93. The molecule has 2 aromatic rings. The van der Waals surface area contributed by atoms with E-state index >= 15 is 0 Å². The van der Waals surface area contributed by atoms with Gasteiger partial charge in [0, 0.05) is 11.6 Å². The van der Waals surface area contributed by atoms with Gasteiger partial charge >= 0.3 is 0 Å². The second kappa shape index (κ2) is 4.98. The molecular weight excluding hydrogens is 310 g/mol. The molecule has 0 bridgehead atoms. The summed E-state index contributed by atoms with van der Waals surface area (Å²) in [7, 11) is 0. The molecule has 0 unspecified atom stereocenters. The molecule has 0 aliphatic carbocycles. The Hall–Kier alpha value is -1.54. The number of nitrogens with zero attached hydrogens (tertiary/aromatic N) is 3. The van der Waals surface area contributed by atoms with Gasteiger partial charge in [0.1, 0.15) is 29.8 Å². The Kier molecular flexibility index (Phi) is 3.31. The van der Waals surface area contributed by atoms with Crippen LogP contribution in [0.2, 0.25) is 0 Å². The molecule has 2 fully saturated rings. The van der Waals surface area contributed by atoms with Crippen LogP contribution in [0.4, 0.5) is 0 Å². The number of aliphatic hydroxyl groups excluding tert-OH is 1. The summed E-state index contributed by atoms with van der Waals surface area (Å²) < 4.78 is 20.4. The molecule has 2 aliphatic rings. The molecule has 1 N–H and O–H groups in total. The van der Waals surface area contributed by atoms with E-state index in [-0.39, 0.29) is 6.10 Å². The Balaban J connectivity index is 1.82. The minimum Gasteiger partial charge on any atom is -0.391 e. The Morgan fingerprint density at radius 3 is 2.75 bits per heavy atom. The van der Waals surface area contributed by atoms with Crippen LogP contribution in [0.3, 0.4) is 0 Å². The molecule has 2 saturated heterocycles. The van der Waals surface area contributed by atoms with Gasteiger partial charge in [-0.2, -0.15) is 0 Å². The molecule has 24 heavy (non-hydrogen) atoms. The lowest BCUT2D eigenvalue weighted by molar-refractivity contribution is -0.221. The molecule has 2 aliphatic heterocycles. The SMILES string of the molecule is Cc1ncnc2c1ccn2[C@@H]1O[C@H]([C@@H](C)O)[C@@]2(C)OC(C)(C)O[C@@H]12. The quantitative estimate of drug-likeness (QED) is 0.905. The first-order valence-electron chi connectivity index (χ1n) is 8.22. The van der Waals surface area contributed by atoms with Gasteiger partial charge in [-0.3, -0.25) is 0 Å². The molecule has 4 rings (SSSR count). The van der Waals surface area contributed by atoms with Gasteiger partial charge in [0.15, 0.2) is 12.0 Å². The van der Waals surface area contributed by atoms with E-state index in [0.29, 0.717) is 0 Å². The molecule has 0 amide bonds. The number of aryl methyl sites for hydroxylation is 1. The van der Waals surface area contributed by atoms with E-state index in [1.54, 1.807) is 13.3 Å². The van der Waals surface area contributed by atoms with Gasteiger partial charge in [0.2, 0.25) is 0 Å². The highest BCUT2D eigenvalue weighted by molar-refractivity contribution is 5.78. The van der Waals surface area contributed by atoms with Crippen molar-refractivity contribution >= 4 is 11.0 Å². The van der Waals surface area contributed by atoms with Crippen molar-refractivity contribution in [2.75, 3.05) is 0 Å². The summed E-state index contributed by atoms with van der Waals surface area (Å²) in [4.78, 5) is 8.64. The van der Waals surface area contributed by atoms with Gasteiger partial charge in [0.25, 0.3) is 0 Å². The topological polar surface area (TPSA) is 78.6 Å². The molecule has 2 aromatic heterocycles. The van der Waals surface area contributed by atoms with Crippen molar-refractivity contribution in [2.45, 2.75) is 70.5 Å². The summed E-state index contributed by atoms with van der Waals surface area (Å²) in [5.74, 6) is -0.734. The van der Waals surface area contributed by atoms with E-state index in [0.717, 1.165) is 16.7 Å². The first-order valence-corrected chi connectivity index (χ1v) is 8.22. The number of aliphatic hydroxyl groups is 1. The highest BCUT2D eigenvalue weighted by Gasteiger charge is 2.65. The third-order valence-corrected chi connectivity index (χ3v) is 4.97. The zero-order valence-corrected chi connectivity index (χ0v) is 14.6. The molecular formula is C17H23N3O4. The number of hydrogen-bond acceptors (Lipinski definition) is 6. The Morgan fingerprint density at radius 2 is 2.04 bits per heavy atom. The third-order valence-electron chi connectivity index (χ3n) is 4.97. The fraction of sp³-hybridized carbons (Fsp3) is 0.647. The second-order valence-electron chi connectivity index (χ2n) is 7.33. The van der Waals surface area contributed by atoms with Gasteiger partial charge in [-0.15, -0.1) is 0 Å². The maximum Gasteiger partial charge on any atom is 0.165 e. The average molecular weight is 333 g/mol. The van der Waals surface area contributed by atoms with E-state index in [1.807, 2.05) is 44.5 Å². The van der Waals surface area contributed by atoms with Crippen molar-refractivity contribution in [3.63, 3.8) is 0 Å². The smallest absolute Gasteiger partial charge is 0.165 e. The van der Waals surface area contributed by atoms with Crippen LogP contribution in [-0.4, -0.2) is 49.3 Å². The lowest BCUT2D eigenvalue weighted by atomic mass is 9.91. The molecule has 130 valence electrons. The molecule has 0 spiro atoms. The van der Waals surface area contributed by atoms with Gasteiger partial charge in [0.05, 0.1) is 11.8 Å². The normalized spacial score (nSPS) is 36.2. The second-order valence-corrected chi connectivity index (χ2v) is 7.33. The predicted molar refractivity (Wildman–Crippen MR) is 86.3 cm³/mol. The van der Waals surface area contributed by atoms with Crippen LogP contribution < -0.4 is 0 Å². The lowest BCUT2D eigenvalue weighted by Crippen LogP contribution is -2.48. The van der Waals surface area contributed by atoms with E-state index < -0.39 is 29.8 Å². The van der Waals surface area contributed by atoms with Gasteiger partial charge in [-0.25, -0.2) is 9.97 Å². The fourth-order valence-electron chi connectivity index (χ4n) is 4.06. The van der Waals surface area contributed by atoms with E-state index in [2.05, 4.69) is 9.97 Å². The van der Waals surface area contributed by atoms with Gasteiger partial charge < -0.3 is 23.9 Å². The maximum absolute atomic E-state index is 10.2. The van der Waals surface area contributed by atoms with Gasteiger partial charge in [-0.05, 0) is 40.7 Å². The highest BCUT2D eigenvalue weighted by Crippen LogP contribution is 2.51. The molecule has 7 nitrogen and oxygen atoms in total. The third kappa shape index (κ3) is 2.12. The van der Waals surface area contributed by atoms with Gasteiger partial charge in [-0.1, -0.05) is 0 Å². The Morgan fingerprint density at radius 1 is 1.29 bits per heavy atom. The van der Waals surface area contributed by atoms with Crippen molar-refractivity contribution in [3.8, 4) is 0 Å². The largest absolute Gasteiger partial charge is 0.391 e. The first-order chi connectivity index (χ1) is 11.2. The van der Waals surface area contributed by atoms with E-state index in [9.17, 15) is 5.11 Å². The molecule has 0 aromatic carbocycles. The number of aromatic nitrogens is 3. The Bertz CT molecular complexity index is 787. The minimum atomic E-state index is -0.735. The first kappa shape index (κ1) is 16.0. The standard InChI is InChI=1S/C17H23N3O4/c1-9-11-6-7-20(14(11)19-8-18-9)15-13-17(5,12(22-15)10(2)21)24-16(3,4)23-13/h6-8,10,12-13,15,21H,1-5H3/t10-,12-,13+,15-,17-/m1/s1. The van der Waals surface area contributed by atoms with Crippen LogP contribution in [-0.2, 0) is 14.2 Å². The summed E-state index contributed by atoms with van der Waals surface area (Å²) >= 11 is 0. The summed E-state index contributed by atoms with van der Waals surface area (Å²) in [6.45, 7) is 9.37. The monoisotopic (exact) mass is 333 g/mol. The fourth-order valence-corrected chi connectivity index (χ4v) is 4.06. The van der Waals surface area contributed by atoms with Crippen molar-refractivity contribution in [1.82, 2.24) is 14.5 Å². The van der Waals surface area contributed by atoms with E-state index in [4.69, 9.17) is 14.2 Å². The highest BCUT2D eigenvalue weighted by atomic mass is 16.8. The summed E-state index contributed by atoms with van der Waals surface area (Å²) in [5.41, 5.74) is 0.964. The van der Waals surface area contributed by atoms with E-state index in [1.165, 1.54) is 0 Å². The zero-order valence-electron chi connectivity index (χ0n) is 14.6. The average Bonchev–Trinajstić information content (AvgIpc) is 3.07. The summed E-state index contributed by atoms with van der Waals surface area (Å²) in [5, 5.41) is 11.2. The minimum absolute atomic E-state index is 0.349. The summed E-state index contributed by atoms with van der Waals surface area (Å²) in [6.07, 6.45) is 1.52. The number of rotatable bonds is 2. The molecule has 0 radical (unpaired) electrons. The number of hydrogen-bond donors (Lipinski definition) is 1. The maximum atomic E-state index is 10.2. The van der Waals surface area contributed by atoms with Crippen molar-refractivity contribution in [1.29, 1.82) is 0 Å².